The van der Waals surface area contributed by atoms with E-state index in [1.807, 2.05) is 18.2 Å². The molecule has 0 bridgehead atoms. The normalized spacial score (nSPS) is 16.4. The second-order valence-electron chi connectivity index (χ2n) is 5.35. The van der Waals surface area contributed by atoms with E-state index in [0.29, 0.717) is 18.3 Å². The number of hydrogen-bond donors (Lipinski definition) is 0. The quantitative estimate of drug-likeness (QED) is 0.644. The summed E-state index contributed by atoms with van der Waals surface area (Å²) in [5.74, 6) is 2.16. The molecule has 0 radical (unpaired) electrons. The van der Waals surface area contributed by atoms with Crippen LogP contribution in [0.4, 0.5) is 0 Å². The third kappa shape index (κ3) is 3.06. The summed E-state index contributed by atoms with van der Waals surface area (Å²) in [5, 5.41) is 0. The van der Waals surface area contributed by atoms with Gasteiger partial charge in [-0.3, -0.25) is 4.79 Å². The number of carbonyl (C=O) groups is 1. The van der Waals surface area contributed by atoms with Crippen LogP contribution in [0.1, 0.15) is 24.0 Å². The number of carbonyl (C=O) groups excluding carboxylic acids is 1. The van der Waals surface area contributed by atoms with Crippen LogP contribution in [0.3, 0.4) is 0 Å². The first-order valence-corrected chi connectivity index (χ1v) is 7.24. The van der Waals surface area contributed by atoms with Crippen LogP contribution in [-0.4, -0.2) is 19.7 Å². The minimum absolute atomic E-state index is 0.318. The number of esters is 1. The van der Waals surface area contributed by atoms with Crippen LogP contribution in [-0.2, 0) is 11.2 Å². The van der Waals surface area contributed by atoms with Crippen LogP contribution in [0.2, 0.25) is 0 Å². The number of rotatable bonds is 3. The molecular formula is C18H18O4. The molecule has 114 valence electrons. The molecule has 2 aromatic rings. The maximum atomic E-state index is 11.0. The fourth-order valence-electron chi connectivity index (χ4n) is 2.67. The third-order valence-corrected chi connectivity index (χ3v) is 3.79. The van der Waals surface area contributed by atoms with Crippen molar-refractivity contribution in [2.45, 2.75) is 19.3 Å². The average molecular weight is 298 g/mol. The molecule has 0 spiro atoms. The van der Waals surface area contributed by atoms with Crippen molar-refractivity contribution in [3.05, 3.63) is 53.6 Å². The molecule has 0 saturated carbocycles. The summed E-state index contributed by atoms with van der Waals surface area (Å²) in [6.45, 7) is 2.00. The van der Waals surface area contributed by atoms with Crippen LogP contribution in [0.15, 0.2) is 42.5 Å². The molecule has 2 aromatic carbocycles. The molecule has 1 aliphatic rings. The number of hydrogen-bond acceptors (Lipinski definition) is 4. The van der Waals surface area contributed by atoms with Crippen LogP contribution in [0.25, 0.3) is 0 Å². The van der Waals surface area contributed by atoms with Gasteiger partial charge < -0.3 is 14.2 Å². The monoisotopic (exact) mass is 298 g/mol. The van der Waals surface area contributed by atoms with Gasteiger partial charge in [-0.05, 0) is 35.7 Å². The molecule has 0 aromatic heterocycles. The molecule has 3 rings (SSSR count). The lowest BCUT2D eigenvalue weighted by atomic mass is 9.90. The highest BCUT2D eigenvalue weighted by Gasteiger charge is 2.22. The number of ether oxygens (including phenoxy) is 3. The molecule has 1 unspecified atom stereocenters. The van der Waals surface area contributed by atoms with E-state index in [9.17, 15) is 4.79 Å². The van der Waals surface area contributed by atoms with E-state index in [-0.39, 0.29) is 5.97 Å². The molecule has 1 heterocycles. The average Bonchev–Trinajstić information content (AvgIpc) is 2.54. The summed E-state index contributed by atoms with van der Waals surface area (Å²) in [7, 11) is 1.66. The first-order chi connectivity index (χ1) is 10.7. The van der Waals surface area contributed by atoms with Crippen molar-refractivity contribution in [3.63, 3.8) is 0 Å². The first-order valence-electron chi connectivity index (χ1n) is 7.24. The molecule has 0 N–H and O–H groups in total. The van der Waals surface area contributed by atoms with Gasteiger partial charge in [-0.15, -0.1) is 0 Å². The van der Waals surface area contributed by atoms with Crippen molar-refractivity contribution in [3.8, 4) is 17.2 Å². The fraction of sp³-hybridized carbons (Fsp3) is 0.278. The zero-order valence-electron chi connectivity index (χ0n) is 12.7. The zero-order chi connectivity index (χ0) is 15.5. The summed E-state index contributed by atoms with van der Waals surface area (Å²) in [6, 6.07) is 13.6. The smallest absolute Gasteiger partial charge is 0.308 e. The Bertz CT molecular complexity index is 676. The minimum atomic E-state index is -0.327. The molecular weight excluding hydrogens is 280 g/mol. The largest absolute Gasteiger partial charge is 0.497 e. The summed E-state index contributed by atoms with van der Waals surface area (Å²) in [5.41, 5.74) is 2.36. The molecule has 0 fully saturated rings. The van der Waals surface area contributed by atoms with Gasteiger partial charge in [-0.25, -0.2) is 0 Å². The van der Waals surface area contributed by atoms with Gasteiger partial charge in [0, 0.05) is 18.9 Å². The topological polar surface area (TPSA) is 44.8 Å². The van der Waals surface area contributed by atoms with Crippen molar-refractivity contribution in [2.75, 3.05) is 13.7 Å². The SMILES string of the molecule is COc1ccc(C2COc3cc(OC(C)=O)ccc3C2)cc1. The van der Waals surface area contributed by atoms with Gasteiger partial charge in [0.05, 0.1) is 13.7 Å². The third-order valence-electron chi connectivity index (χ3n) is 3.79. The van der Waals surface area contributed by atoms with Crippen LogP contribution < -0.4 is 14.2 Å². The standard InChI is InChI=1S/C18H18O4/c1-12(19)22-17-8-5-14-9-15(11-21-18(14)10-17)13-3-6-16(20-2)7-4-13/h3-8,10,15H,9,11H2,1-2H3. The first kappa shape index (κ1) is 14.4. The van der Waals surface area contributed by atoms with Crippen molar-refractivity contribution < 1.29 is 19.0 Å². The lowest BCUT2D eigenvalue weighted by Crippen LogP contribution is -2.19. The fourth-order valence-corrected chi connectivity index (χ4v) is 2.67. The highest BCUT2D eigenvalue weighted by molar-refractivity contribution is 5.69. The Morgan fingerprint density at radius 2 is 1.86 bits per heavy atom. The Morgan fingerprint density at radius 1 is 1.14 bits per heavy atom. The summed E-state index contributed by atoms with van der Waals surface area (Å²) >= 11 is 0. The van der Waals surface area contributed by atoms with Crippen molar-refractivity contribution in [2.24, 2.45) is 0 Å². The van der Waals surface area contributed by atoms with Gasteiger partial charge in [-0.2, -0.15) is 0 Å². The van der Waals surface area contributed by atoms with Crippen LogP contribution >= 0.6 is 0 Å². The molecule has 0 aliphatic carbocycles. The lowest BCUT2D eigenvalue weighted by Gasteiger charge is -2.26. The van der Waals surface area contributed by atoms with Crippen molar-refractivity contribution in [1.82, 2.24) is 0 Å². The molecule has 0 saturated heterocycles. The Morgan fingerprint density at radius 3 is 2.55 bits per heavy atom. The zero-order valence-corrected chi connectivity index (χ0v) is 12.7. The second-order valence-corrected chi connectivity index (χ2v) is 5.35. The summed E-state index contributed by atoms with van der Waals surface area (Å²) in [6.07, 6.45) is 0.905. The van der Waals surface area contributed by atoms with Crippen molar-refractivity contribution in [1.29, 1.82) is 0 Å². The number of methoxy groups -OCH3 is 1. The van der Waals surface area contributed by atoms with E-state index in [1.165, 1.54) is 12.5 Å². The van der Waals surface area contributed by atoms with Crippen LogP contribution in [0, 0.1) is 0 Å². The predicted molar refractivity (Wildman–Crippen MR) is 82.7 cm³/mol. The summed E-state index contributed by atoms with van der Waals surface area (Å²) < 4.78 is 16.1. The van der Waals surface area contributed by atoms with Gasteiger partial charge in [0.15, 0.2) is 0 Å². The second kappa shape index (κ2) is 6.10. The maximum absolute atomic E-state index is 11.0. The van der Waals surface area contributed by atoms with E-state index in [2.05, 4.69) is 12.1 Å². The van der Waals surface area contributed by atoms with Gasteiger partial charge in [0.1, 0.15) is 17.2 Å². The van der Waals surface area contributed by atoms with E-state index >= 15 is 0 Å². The molecule has 4 heteroatoms. The van der Waals surface area contributed by atoms with E-state index < -0.39 is 0 Å². The van der Waals surface area contributed by atoms with E-state index in [4.69, 9.17) is 14.2 Å². The van der Waals surface area contributed by atoms with Gasteiger partial charge in [0.25, 0.3) is 0 Å². The van der Waals surface area contributed by atoms with E-state index in [0.717, 1.165) is 23.5 Å². The summed E-state index contributed by atoms with van der Waals surface area (Å²) in [4.78, 5) is 11.0. The lowest BCUT2D eigenvalue weighted by molar-refractivity contribution is -0.131. The molecule has 1 aliphatic heterocycles. The van der Waals surface area contributed by atoms with Crippen molar-refractivity contribution >= 4 is 5.97 Å². The van der Waals surface area contributed by atoms with Gasteiger partial charge in [0.2, 0.25) is 0 Å². The van der Waals surface area contributed by atoms with Crippen LogP contribution in [0.5, 0.6) is 17.2 Å². The van der Waals surface area contributed by atoms with Gasteiger partial charge >= 0.3 is 5.97 Å². The number of fused-ring (bicyclic) bond motifs is 1. The molecule has 22 heavy (non-hydrogen) atoms. The minimum Gasteiger partial charge on any atom is -0.497 e. The Kier molecular flexibility index (Phi) is 4.00. The Labute approximate surface area is 129 Å². The highest BCUT2D eigenvalue weighted by Crippen LogP contribution is 2.35. The maximum Gasteiger partial charge on any atom is 0.308 e. The highest BCUT2D eigenvalue weighted by atomic mass is 16.5. The van der Waals surface area contributed by atoms with Gasteiger partial charge in [-0.1, -0.05) is 18.2 Å². The number of benzene rings is 2. The molecule has 4 nitrogen and oxygen atoms in total. The predicted octanol–water partition coefficient (Wildman–Crippen LogP) is 3.34. The Hall–Kier alpha value is -2.49. The van der Waals surface area contributed by atoms with E-state index in [1.54, 1.807) is 19.2 Å². The molecule has 0 amide bonds. The Balaban J connectivity index is 1.77. The molecule has 1 atom stereocenters.